The molecule has 2 aromatic heterocycles. The number of anilines is 4. The van der Waals surface area contributed by atoms with Crippen molar-refractivity contribution in [2.75, 3.05) is 28.7 Å². The lowest BCUT2D eigenvalue weighted by Gasteiger charge is -2.52. The second-order valence-electron chi connectivity index (χ2n) is 7.99. The topological polar surface area (TPSA) is 87.1 Å². The van der Waals surface area contributed by atoms with E-state index in [-0.39, 0.29) is 12.5 Å². The Hall–Kier alpha value is -2.88. The van der Waals surface area contributed by atoms with Crippen molar-refractivity contribution in [3.63, 3.8) is 0 Å². The zero-order valence-corrected chi connectivity index (χ0v) is 17.1. The molecule has 1 saturated carbocycles. The molecule has 0 spiro atoms. The van der Waals surface area contributed by atoms with Crippen molar-refractivity contribution in [2.45, 2.75) is 38.4 Å². The van der Waals surface area contributed by atoms with Crippen LogP contribution in [0.25, 0.3) is 11.0 Å². The molecule has 3 aromatic rings. The lowest BCUT2D eigenvalue weighted by atomic mass is 9.75. The Bertz CT molecular complexity index is 1130. The van der Waals surface area contributed by atoms with Gasteiger partial charge in [0.2, 0.25) is 11.9 Å². The monoisotopic (exact) mass is 413 g/mol. The number of hydrogen-bond acceptors (Lipinski definition) is 8. The van der Waals surface area contributed by atoms with Crippen molar-refractivity contribution in [3.8, 4) is 0 Å². The van der Waals surface area contributed by atoms with E-state index in [2.05, 4.69) is 19.0 Å². The van der Waals surface area contributed by atoms with Gasteiger partial charge in [-0.25, -0.2) is 9.37 Å². The molecular formula is C19H20FN7OS. The van der Waals surface area contributed by atoms with E-state index in [1.54, 1.807) is 18.1 Å². The van der Waals surface area contributed by atoms with Crippen LogP contribution in [0.3, 0.4) is 0 Å². The quantitative estimate of drug-likeness (QED) is 0.705. The van der Waals surface area contributed by atoms with Gasteiger partial charge in [0.1, 0.15) is 22.9 Å². The van der Waals surface area contributed by atoms with Crippen molar-refractivity contribution in [1.82, 2.24) is 18.7 Å². The molecule has 5 rings (SSSR count). The van der Waals surface area contributed by atoms with E-state index in [4.69, 9.17) is 4.98 Å². The van der Waals surface area contributed by atoms with E-state index in [9.17, 15) is 9.18 Å². The molecule has 0 bridgehead atoms. The maximum Gasteiger partial charge on any atom is 0.246 e. The van der Waals surface area contributed by atoms with Crippen molar-refractivity contribution < 1.29 is 9.18 Å². The summed E-state index contributed by atoms with van der Waals surface area (Å²) in [5.74, 6) is 1.01. The molecule has 0 unspecified atom stereocenters. The van der Waals surface area contributed by atoms with Gasteiger partial charge in [-0.15, -0.1) is 0 Å². The summed E-state index contributed by atoms with van der Waals surface area (Å²) in [6, 6.07) is 3.89. The number of hydrogen-bond donors (Lipinski definition) is 1. The third kappa shape index (κ3) is 2.89. The Labute approximate surface area is 171 Å². The number of fused-ring (bicyclic) bond motifs is 2. The Morgan fingerprint density at radius 3 is 2.72 bits per heavy atom. The number of amides is 1. The lowest BCUT2D eigenvalue weighted by Crippen LogP contribution is -2.61. The van der Waals surface area contributed by atoms with Gasteiger partial charge < -0.3 is 15.1 Å². The van der Waals surface area contributed by atoms with Crippen molar-refractivity contribution in [1.29, 1.82) is 0 Å². The Morgan fingerprint density at radius 1 is 1.28 bits per heavy atom. The molecule has 1 N–H and O–H groups in total. The first kappa shape index (κ1) is 18.2. The predicted octanol–water partition coefficient (Wildman–Crippen LogP) is 3.21. The molecule has 1 aromatic carbocycles. The number of aryl methyl sites for hydroxylation is 1. The smallest absolute Gasteiger partial charge is 0.246 e. The van der Waals surface area contributed by atoms with Gasteiger partial charge in [0.05, 0.1) is 24.5 Å². The van der Waals surface area contributed by atoms with Gasteiger partial charge in [-0.1, -0.05) is 0 Å². The lowest BCUT2D eigenvalue weighted by molar-refractivity contribution is -0.117. The molecule has 150 valence electrons. The number of nitrogens with zero attached hydrogens (tertiary/aromatic N) is 6. The molecule has 1 aliphatic carbocycles. The Morgan fingerprint density at radius 2 is 2.00 bits per heavy atom. The number of likely N-dealkylation sites (N-methyl/N-ethyl adjacent to an activating group) is 1. The number of carbonyl (C=O) groups excluding carboxylic acids is 1. The Kier molecular flexibility index (Phi) is 3.95. The molecule has 1 amide bonds. The van der Waals surface area contributed by atoms with E-state index in [1.807, 2.05) is 30.9 Å². The summed E-state index contributed by atoms with van der Waals surface area (Å²) >= 11 is 1.17. The highest BCUT2D eigenvalue weighted by atomic mass is 32.1. The molecule has 2 aliphatic rings. The number of alkyl halides is 1. The third-order valence-corrected chi connectivity index (χ3v) is 6.41. The highest BCUT2D eigenvalue weighted by Crippen LogP contribution is 2.45. The van der Waals surface area contributed by atoms with Crippen LogP contribution < -0.4 is 15.1 Å². The molecule has 0 saturated heterocycles. The van der Waals surface area contributed by atoms with E-state index < -0.39 is 11.7 Å². The fourth-order valence-corrected chi connectivity index (χ4v) is 4.57. The van der Waals surface area contributed by atoms with Gasteiger partial charge in [-0.3, -0.25) is 4.79 Å². The summed E-state index contributed by atoms with van der Waals surface area (Å²) in [5, 5.41) is 3.26. The molecule has 29 heavy (non-hydrogen) atoms. The summed E-state index contributed by atoms with van der Waals surface area (Å²) in [6.45, 7) is 4.14. The zero-order chi connectivity index (χ0) is 20.3. The minimum Gasteiger partial charge on any atom is -0.340 e. The van der Waals surface area contributed by atoms with Crippen LogP contribution in [0.4, 0.5) is 27.5 Å². The van der Waals surface area contributed by atoms with Crippen LogP contribution in [-0.2, 0) is 4.79 Å². The molecule has 0 atom stereocenters. The number of halogens is 1. The average molecular weight is 413 g/mol. The highest BCUT2D eigenvalue weighted by Gasteiger charge is 2.49. The fourth-order valence-electron chi connectivity index (χ4n) is 4.06. The average Bonchev–Trinajstić information content (AvgIpc) is 3.10. The van der Waals surface area contributed by atoms with Crippen LogP contribution in [0.1, 0.15) is 25.3 Å². The third-order valence-electron chi connectivity index (χ3n) is 5.86. The molecular weight excluding hydrogens is 393 g/mol. The first-order chi connectivity index (χ1) is 13.8. The molecule has 3 heterocycles. The summed E-state index contributed by atoms with van der Waals surface area (Å²) in [7, 11) is 1.71. The molecule has 0 radical (unpaired) electrons. The van der Waals surface area contributed by atoms with Crippen molar-refractivity contribution in [2.24, 2.45) is 0 Å². The second kappa shape index (κ2) is 6.31. The van der Waals surface area contributed by atoms with Crippen LogP contribution in [-0.4, -0.2) is 49.9 Å². The van der Waals surface area contributed by atoms with Crippen LogP contribution in [0.2, 0.25) is 0 Å². The standard InChI is InChI=1S/C19H20FN7OS/c1-10-4-13-14(25-29-24-13)5-12(10)22-18-21-8-15-17(23-18)27(9-16(28)26(15)3)19(2)6-11(20)7-19/h4-5,8,11H,6-7,9H2,1-3H3,(H,21,22,23). The second-order valence-corrected chi connectivity index (χ2v) is 8.52. The molecule has 1 aliphatic heterocycles. The first-order valence-corrected chi connectivity index (χ1v) is 10.1. The highest BCUT2D eigenvalue weighted by molar-refractivity contribution is 7.00. The van der Waals surface area contributed by atoms with Gasteiger partial charge in [-0.2, -0.15) is 13.7 Å². The SMILES string of the molecule is Cc1cc2nsnc2cc1Nc1ncc2c(n1)N(C1(C)CC(F)C1)CC(=O)N2C. The van der Waals surface area contributed by atoms with E-state index in [1.165, 1.54) is 11.7 Å². The maximum atomic E-state index is 13.7. The Balaban J connectivity index is 1.53. The number of rotatable bonds is 3. The van der Waals surface area contributed by atoms with Crippen LogP contribution in [0.15, 0.2) is 18.3 Å². The van der Waals surface area contributed by atoms with Gasteiger partial charge in [0, 0.05) is 31.1 Å². The number of carbonyl (C=O) groups is 1. The predicted molar refractivity (Wildman–Crippen MR) is 111 cm³/mol. The first-order valence-electron chi connectivity index (χ1n) is 9.39. The normalized spacial score (nSPS) is 23.9. The van der Waals surface area contributed by atoms with E-state index in [0.29, 0.717) is 30.3 Å². The zero-order valence-electron chi connectivity index (χ0n) is 16.3. The maximum absolute atomic E-state index is 13.7. The molecule has 10 heteroatoms. The van der Waals surface area contributed by atoms with Crippen LogP contribution >= 0.6 is 11.7 Å². The van der Waals surface area contributed by atoms with Gasteiger partial charge in [0.15, 0.2) is 5.82 Å². The number of nitrogens with one attached hydrogen (secondary N) is 1. The van der Waals surface area contributed by atoms with E-state index in [0.717, 1.165) is 22.3 Å². The minimum absolute atomic E-state index is 0.0531. The summed E-state index contributed by atoms with van der Waals surface area (Å²) < 4.78 is 22.2. The van der Waals surface area contributed by atoms with Gasteiger partial charge in [0.25, 0.3) is 0 Å². The van der Waals surface area contributed by atoms with Gasteiger partial charge >= 0.3 is 0 Å². The summed E-state index contributed by atoms with van der Waals surface area (Å²) in [6.07, 6.45) is 1.59. The van der Waals surface area contributed by atoms with Gasteiger partial charge in [-0.05, 0) is 31.5 Å². The number of benzene rings is 1. The van der Waals surface area contributed by atoms with Crippen LogP contribution in [0, 0.1) is 6.92 Å². The number of aromatic nitrogens is 4. The summed E-state index contributed by atoms with van der Waals surface area (Å²) in [4.78, 5) is 25.1. The van der Waals surface area contributed by atoms with Crippen molar-refractivity contribution >= 4 is 51.8 Å². The summed E-state index contributed by atoms with van der Waals surface area (Å²) in [5.41, 5.74) is 3.72. The van der Waals surface area contributed by atoms with E-state index >= 15 is 0 Å². The van der Waals surface area contributed by atoms with Crippen LogP contribution in [0.5, 0.6) is 0 Å². The van der Waals surface area contributed by atoms with Crippen molar-refractivity contribution in [3.05, 3.63) is 23.9 Å². The minimum atomic E-state index is -0.835. The fraction of sp³-hybridized carbons (Fsp3) is 0.421. The molecule has 8 nitrogen and oxygen atoms in total. The largest absolute Gasteiger partial charge is 0.340 e. The molecule has 1 fully saturated rings.